The highest BCUT2D eigenvalue weighted by molar-refractivity contribution is 7.10. The molecule has 1 aliphatic heterocycles. The minimum atomic E-state index is -0.404. The van der Waals surface area contributed by atoms with Crippen molar-refractivity contribution in [2.75, 3.05) is 29.3 Å². The minimum Gasteiger partial charge on any atom is -0.375 e. The van der Waals surface area contributed by atoms with Crippen LogP contribution < -0.4 is 15.5 Å². The third kappa shape index (κ3) is 5.35. The van der Waals surface area contributed by atoms with Gasteiger partial charge in [-0.3, -0.25) is 14.4 Å². The van der Waals surface area contributed by atoms with E-state index in [-0.39, 0.29) is 30.4 Å². The first-order chi connectivity index (χ1) is 16.5. The van der Waals surface area contributed by atoms with Crippen molar-refractivity contribution in [3.8, 4) is 0 Å². The molecule has 1 fully saturated rings. The Balaban J connectivity index is 1.55. The fourth-order valence-corrected chi connectivity index (χ4v) is 5.04. The molecule has 34 heavy (non-hydrogen) atoms. The van der Waals surface area contributed by atoms with Crippen LogP contribution in [0.1, 0.15) is 29.3 Å². The molecule has 3 aromatic rings. The van der Waals surface area contributed by atoms with Gasteiger partial charge in [0.05, 0.1) is 12.0 Å². The molecule has 0 bridgehead atoms. The van der Waals surface area contributed by atoms with E-state index in [9.17, 15) is 14.4 Å². The van der Waals surface area contributed by atoms with Crippen LogP contribution in [0.5, 0.6) is 0 Å². The molecule has 2 atom stereocenters. The van der Waals surface area contributed by atoms with E-state index in [1.54, 1.807) is 40.5 Å². The Hall–Kier alpha value is -3.49. The summed E-state index contributed by atoms with van der Waals surface area (Å²) >= 11 is 1.55. The predicted octanol–water partition coefficient (Wildman–Crippen LogP) is 4.76. The van der Waals surface area contributed by atoms with Crippen LogP contribution in [-0.2, 0) is 19.1 Å². The normalized spacial score (nSPS) is 17.9. The summed E-state index contributed by atoms with van der Waals surface area (Å²) in [5, 5.41) is 7.69. The van der Waals surface area contributed by atoms with Crippen molar-refractivity contribution in [3.63, 3.8) is 0 Å². The van der Waals surface area contributed by atoms with Gasteiger partial charge in [0.2, 0.25) is 17.7 Å². The monoisotopic (exact) mass is 477 g/mol. The van der Waals surface area contributed by atoms with E-state index in [1.807, 2.05) is 48.7 Å². The van der Waals surface area contributed by atoms with Crippen LogP contribution in [0.15, 0.2) is 66.0 Å². The minimum absolute atomic E-state index is 0.0162. The van der Waals surface area contributed by atoms with Gasteiger partial charge < -0.3 is 20.3 Å². The maximum Gasteiger partial charge on any atom is 0.250 e. The number of piperidine rings is 1. The highest BCUT2D eigenvalue weighted by atomic mass is 32.1. The standard InChI is InChI=1S/C26H27N3O4S/c1-17-5-11-20(12-6-17)29-24(31)14-13-21(25(29)22-4-3-15-34-22)26(32)28-19-9-7-18(8-10-19)27-23(30)16-33-2/h3-12,15,21,25H,13-14,16H2,1-2H3,(H,27,30)(H,28,32). The van der Waals surface area contributed by atoms with Crippen LogP contribution in [-0.4, -0.2) is 31.4 Å². The first-order valence-electron chi connectivity index (χ1n) is 11.1. The molecule has 0 radical (unpaired) electrons. The van der Waals surface area contributed by atoms with Crippen LogP contribution in [0.2, 0.25) is 0 Å². The second-order valence-corrected chi connectivity index (χ2v) is 9.23. The number of nitrogens with zero attached hydrogens (tertiary/aromatic N) is 1. The number of aryl methyl sites for hydroxylation is 1. The van der Waals surface area contributed by atoms with Crippen molar-refractivity contribution in [1.82, 2.24) is 0 Å². The van der Waals surface area contributed by atoms with Crippen LogP contribution in [0.25, 0.3) is 0 Å². The zero-order valence-corrected chi connectivity index (χ0v) is 19.9. The summed E-state index contributed by atoms with van der Waals surface area (Å²) in [7, 11) is 1.46. The van der Waals surface area contributed by atoms with E-state index in [4.69, 9.17) is 4.74 Å². The third-order valence-electron chi connectivity index (χ3n) is 5.79. The Kier molecular flexibility index (Phi) is 7.40. The van der Waals surface area contributed by atoms with Crippen molar-refractivity contribution >= 4 is 46.1 Å². The lowest BCUT2D eigenvalue weighted by atomic mass is 9.86. The summed E-state index contributed by atoms with van der Waals surface area (Å²) in [6.07, 6.45) is 0.777. The Bertz CT molecular complexity index is 1140. The van der Waals surface area contributed by atoms with Crippen LogP contribution in [0.4, 0.5) is 17.1 Å². The molecule has 2 heterocycles. The highest BCUT2D eigenvalue weighted by Gasteiger charge is 2.42. The highest BCUT2D eigenvalue weighted by Crippen LogP contribution is 2.42. The third-order valence-corrected chi connectivity index (χ3v) is 6.74. The summed E-state index contributed by atoms with van der Waals surface area (Å²) in [6.45, 7) is 1.98. The molecule has 2 aromatic carbocycles. The van der Waals surface area contributed by atoms with Gasteiger partial charge in [-0.25, -0.2) is 0 Å². The lowest BCUT2D eigenvalue weighted by Gasteiger charge is -2.40. The van der Waals surface area contributed by atoms with Crippen molar-refractivity contribution in [3.05, 3.63) is 76.5 Å². The average molecular weight is 478 g/mol. The molecule has 0 aliphatic carbocycles. The maximum absolute atomic E-state index is 13.4. The summed E-state index contributed by atoms with van der Waals surface area (Å²) < 4.78 is 4.82. The summed E-state index contributed by atoms with van der Waals surface area (Å²) in [5.74, 6) is -0.776. The number of nitrogens with one attached hydrogen (secondary N) is 2. The number of benzene rings is 2. The Morgan fingerprint density at radius 1 is 1.03 bits per heavy atom. The number of thiophene rings is 1. The van der Waals surface area contributed by atoms with E-state index in [0.29, 0.717) is 24.2 Å². The molecule has 7 nitrogen and oxygen atoms in total. The molecule has 2 unspecified atom stereocenters. The summed E-state index contributed by atoms with van der Waals surface area (Å²) in [6, 6.07) is 18.3. The van der Waals surface area contributed by atoms with Gasteiger partial charge in [0, 0.05) is 35.5 Å². The molecule has 176 valence electrons. The van der Waals surface area contributed by atoms with E-state index < -0.39 is 5.92 Å². The number of carbonyl (C=O) groups is 3. The van der Waals surface area contributed by atoms with Crippen molar-refractivity contribution in [1.29, 1.82) is 0 Å². The fourth-order valence-electron chi connectivity index (χ4n) is 4.16. The number of rotatable bonds is 7. The van der Waals surface area contributed by atoms with Gasteiger partial charge in [0.25, 0.3) is 0 Å². The fraction of sp³-hybridized carbons (Fsp3) is 0.269. The Labute approximate surface area is 202 Å². The van der Waals surface area contributed by atoms with Gasteiger partial charge in [0.15, 0.2) is 0 Å². The van der Waals surface area contributed by atoms with E-state index in [1.165, 1.54) is 7.11 Å². The first kappa shape index (κ1) is 23.7. The lowest BCUT2D eigenvalue weighted by molar-refractivity contribution is -0.126. The number of amides is 3. The molecule has 4 rings (SSSR count). The smallest absolute Gasteiger partial charge is 0.250 e. The average Bonchev–Trinajstić information content (AvgIpc) is 3.36. The predicted molar refractivity (Wildman–Crippen MR) is 134 cm³/mol. The maximum atomic E-state index is 13.4. The SMILES string of the molecule is COCC(=O)Nc1ccc(NC(=O)C2CCC(=O)N(c3ccc(C)cc3)C2c2cccs2)cc1. The Morgan fingerprint density at radius 3 is 2.32 bits per heavy atom. The largest absolute Gasteiger partial charge is 0.375 e. The van der Waals surface area contributed by atoms with Gasteiger partial charge >= 0.3 is 0 Å². The second kappa shape index (κ2) is 10.6. The summed E-state index contributed by atoms with van der Waals surface area (Å²) in [4.78, 5) is 40.9. The molecule has 0 spiro atoms. The number of anilines is 3. The van der Waals surface area contributed by atoms with Crippen molar-refractivity contribution < 1.29 is 19.1 Å². The molecule has 2 N–H and O–H groups in total. The zero-order valence-electron chi connectivity index (χ0n) is 19.1. The zero-order chi connectivity index (χ0) is 24.1. The Morgan fingerprint density at radius 2 is 1.71 bits per heavy atom. The van der Waals surface area contributed by atoms with Crippen LogP contribution >= 0.6 is 11.3 Å². The first-order valence-corrected chi connectivity index (χ1v) is 12.0. The second-order valence-electron chi connectivity index (χ2n) is 8.25. The molecule has 1 aliphatic rings. The van der Waals surface area contributed by atoms with Crippen molar-refractivity contribution in [2.45, 2.75) is 25.8 Å². The van der Waals surface area contributed by atoms with Gasteiger partial charge in [0.1, 0.15) is 6.61 Å². The van der Waals surface area contributed by atoms with E-state index in [0.717, 1.165) is 16.1 Å². The quantitative estimate of drug-likeness (QED) is 0.513. The van der Waals surface area contributed by atoms with Gasteiger partial charge in [-0.15, -0.1) is 11.3 Å². The van der Waals surface area contributed by atoms with Gasteiger partial charge in [-0.2, -0.15) is 0 Å². The molecular weight excluding hydrogens is 450 g/mol. The number of hydrogen-bond donors (Lipinski definition) is 2. The molecular formula is C26H27N3O4S. The number of ether oxygens (including phenoxy) is 1. The molecule has 3 amide bonds. The number of methoxy groups -OCH3 is 1. The molecule has 1 saturated heterocycles. The summed E-state index contributed by atoms with van der Waals surface area (Å²) in [5.41, 5.74) is 3.14. The number of hydrogen-bond acceptors (Lipinski definition) is 5. The number of carbonyl (C=O) groups excluding carboxylic acids is 3. The molecule has 8 heteroatoms. The lowest BCUT2D eigenvalue weighted by Crippen LogP contribution is -2.46. The van der Waals surface area contributed by atoms with Crippen LogP contribution in [0.3, 0.4) is 0 Å². The molecule has 0 saturated carbocycles. The van der Waals surface area contributed by atoms with Gasteiger partial charge in [-0.05, 0) is 61.2 Å². The van der Waals surface area contributed by atoms with Gasteiger partial charge in [-0.1, -0.05) is 23.8 Å². The van der Waals surface area contributed by atoms with Crippen molar-refractivity contribution in [2.24, 2.45) is 5.92 Å². The topological polar surface area (TPSA) is 87.7 Å². The molecule has 1 aromatic heterocycles. The van der Waals surface area contributed by atoms with Crippen LogP contribution in [0, 0.1) is 12.8 Å². The van der Waals surface area contributed by atoms with E-state index >= 15 is 0 Å². The van der Waals surface area contributed by atoms with E-state index in [2.05, 4.69) is 10.6 Å².